The van der Waals surface area contributed by atoms with Crippen molar-refractivity contribution in [1.82, 2.24) is 34.9 Å². The fraction of sp³-hybridized carbons (Fsp3) is 0.636. The molecule has 2 aliphatic rings. The molecular formula is C22H33FN8O3. The Morgan fingerprint density at radius 1 is 1.38 bits per heavy atom. The molecule has 0 aromatic carbocycles. The molecule has 1 unspecified atom stereocenters. The number of carbonyl (C=O) groups excluding carboxylic acids is 1. The topological polar surface area (TPSA) is 123 Å². The SMILES string of the molecule is CCOc1ncc(F)c(Nc2n[nH]c3c2CN(C(=O)N2CC(CCO)N(C)C[C@@H]2C)C3(C)C)n1. The molecule has 2 amide bonds. The van der Waals surface area contributed by atoms with Gasteiger partial charge in [-0.3, -0.25) is 10.00 Å². The summed E-state index contributed by atoms with van der Waals surface area (Å²) in [5.41, 5.74) is 0.926. The Morgan fingerprint density at radius 2 is 2.15 bits per heavy atom. The van der Waals surface area contributed by atoms with Crippen LogP contribution in [0.5, 0.6) is 6.01 Å². The molecule has 186 valence electrons. The third-order valence-corrected chi connectivity index (χ3v) is 6.76. The van der Waals surface area contributed by atoms with Crippen LogP contribution in [-0.2, 0) is 12.1 Å². The first-order chi connectivity index (χ1) is 16.2. The number of urea groups is 1. The maximum absolute atomic E-state index is 14.4. The number of hydrogen-bond donors (Lipinski definition) is 3. The Balaban J connectivity index is 1.56. The minimum Gasteiger partial charge on any atom is -0.464 e. The number of anilines is 2. The van der Waals surface area contributed by atoms with Gasteiger partial charge in [0.05, 0.1) is 30.6 Å². The zero-order valence-electron chi connectivity index (χ0n) is 20.3. The fourth-order valence-corrected chi connectivity index (χ4v) is 4.77. The van der Waals surface area contributed by atoms with Gasteiger partial charge in [0, 0.05) is 37.3 Å². The van der Waals surface area contributed by atoms with Crippen LogP contribution in [0.25, 0.3) is 0 Å². The van der Waals surface area contributed by atoms with Gasteiger partial charge in [-0.15, -0.1) is 0 Å². The maximum Gasteiger partial charge on any atom is 0.321 e. The summed E-state index contributed by atoms with van der Waals surface area (Å²) in [5.74, 6) is -0.274. The highest BCUT2D eigenvalue weighted by Crippen LogP contribution is 2.42. The summed E-state index contributed by atoms with van der Waals surface area (Å²) >= 11 is 0. The van der Waals surface area contributed by atoms with Gasteiger partial charge in [0.2, 0.25) is 0 Å². The van der Waals surface area contributed by atoms with Gasteiger partial charge in [0.1, 0.15) is 0 Å². The molecule has 0 spiro atoms. The molecule has 0 aliphatic carbocycles. The number of halogens is 1. The normalized spacial score (nSPS) is 22.1. The predicted octanol–water partition coefficient (Wildman–Crippen LogP) is 2.04. The fourth-order valence-electron chi connectivity index (χ4n) is 4.77. The van der Waals surface area contributed by atoms with Gasteiger partial charge in [-0.2, -0.15) is 10.1 Å². The highest BCUT2D eigenvalue weighted by molar-refractivity contribution is 5.78. The van der Waals surface area contributed by atoms with Crippen LogP contribution in [0.2, 0.25) is 0 Å². The molecule has 0 saturated carbocycles. The first-order valence-electron chi connectivity index (χ1n) is 11.6. The Bertz CT molecular complexity index is 1050. The van der Waals surface area contributed by atoms with E-state index in [2.05, 4.69) is 30.4 Å². The number of aromatic nitrogens is 4. The van der Waals surface area contributed by atoms with Gasteiger partial charge in [-0.25, -0.2) is 14.2 Å². The molecule has 2 aromatic rings. The zero-order chi connectivity index (χ0) is 24.6. The standard InChI is InChI=1S/C22H33FN8O3/c1-6-34-20-24-9-16(23)19(26-20)25-18-15-12-31(22(3,4)17(15)27-28-18)21(33)30-11-14(7-8-32)29(5)10-13(30)2/h9,13-14,32H,6-8,10-12H2,1-5H3,(H2,24,25,26,27,28)/t13-,14?/m0/s1. The van der Waals surface area contributed by atoms with Crippen molar-refractivity contribution in [2.75, 3.05) is 38.7 Å². The van der Waals surface area contributed by atoms with Crippen molar-refractivity contribution >= 4 is 17.7 Å². The molecule has 2 aliphatic heterocycles. The van der Waals surface area contributed by atoms with Gasteiger partial charge in [-0.05, 0) is 41.2 Å². The maximum atomic E-state index is 14.4. The lowest BCUT2D eigenvalue weighted by molar-refractivity contribution is 0.0337. The Labute approximate surface area is 198 Å². The van der Waals surface area contributed by atoms with E-state index in [-0.39, 0.29) is 36.6 Å². The number of carbonyl (C=O) groups is 1. The van der Waals surface area contributed by atoms with E-state index in [1.54, 1.807) is 11.8 Å². The second-order valence-corrected chi connectivity index (χ2v) is 9.37. The van der Waals surface area contributed by atoms with Gasteiger partial charge in [0.15, 0.2) is 17.5 Å². The van der Waals surface area contributed by atoms with Crippen molar-refractivity contribution in [2.45, 2.75) is 58.3 Å². The molecule has 3 N–H and O–H groups in total. The number of likely N-dealkylation sites (N-methyl/N-ethyl adjacent to an activating group) is 1. The quantitative estimate of drug-likeness (QED) is 0.579. The molecule has 1 saturated heterocycles. The average molecular weight is 477 g/mol. The largest absolute Gasteiger partial charge is 0.464 e. The average Bonchev–Trinajstić information content (AvgIpc) is 3.30. The van der Waals surface area contributed by atoms with E-state index in [9.17, 15) is 14.3 Å². The van der Waals surface area contributed by atoms with Crippen LogP contribution >= 0.6 is 0 Å². The molecule has 0 radical (unpaired) electrons. The van der Waals surface area contributed by atoms with Crippen molar-refractivity contribution in [2.24, 2.45) is 0 Å². The van der Waals surface area contributed by atoms with E-state index < -0.39 is 11.4 Å². The number of piperazine rings is 1. The molecular weight excluding hydrogens is 443 g/mol. The molecule has 2 aromatic heterocycles. The summed E-state index contributed by atoms with van der Waals surface area (Å²) in [7, 11) is 2.02. The minimum atomic E-state index is -0.643. The second-order valence-electron chi connectivity index (χ2n) is 9.37. The number of rotatable bonds is 6. The second kappa shape index (κ2) is 9.34. The first kappa shape index (κ1) is 24.1. The number of aliphatic hydroxyl groups excluding tert-OH is 1. The lowest BCUT2D eigenvalue weighted by atomic mass is 10.0. The molecule has 4 rings (SSSR count). The smallest absolute Gasteiger partial charge is 0.321 e. The summed E-state index contributed by atoms with van der Waals surface area (Å²) in [6, 6.07) is 0.131. The molecule has 1 fully saturated rings. The van der Waals surface area contributed by atoms with Crippen LogP contribution in [-0.4, -0.2) is 91.4 Å². The van der Waals surface area contributed by atoms with Gasteiger partial charge >= 0.3 is 12.0 Å². The number of aliphatic hydroxyl groups is 1. The number of fused-ring (bicyclic) bond motifs is 1. The highest BCUT2D eigenvalue weighted by Gasteiger charge is 2.46. The van der Waals surface area contributed by atoms with E-state index in [1.807, 2.05) is 32.7 Å². The molecule has 0 bridgehead atoms. The Hall–Kier alpha value is -2.99. The van der Waals surface area contributed by atoms with Crippen LogP contribution in [0.4, 0.5) is 20.8 Å². The summed E-state index contributed by atoms with van der Waals surface area (Å²) in [6.07, 6.45) is 1.66. The van der Waals surface area contributed by atoms with E-state index >= 15 is 0 Å². The highest BCUT2D eigenvalue weighted by atomic mass is 19.1. The third kappa shape index (κ3) is 4.27. The monoisotopic (exact) mass is 476 g/mol. The summed E-state index contributed by atoms with van der Waals surface area (Å²) < 4.78 is 19.6. The number of nitrogens with zero attached hydrogens (tertiary/aromatic N) is 6. The minimum absolute atomic E-state index is 0.0324. The van der Waals surface area contributed by atoms with E-state index in [0.29, 0.717) is 31.9 Å². The summed E-state index contributed by atoms with van der Waals surface area (Å²) in [6.45, 7) is 9.79. The number of H-pyrrole nitrogens is 1. The Morgan fingerprint density at radius 3 is 2.85 bits per heavy atom. The van der Waals surface area contributed by atoms with Crippen molar-refractivity contribution in [3.63, 3.8) is 0 Å². The van der Waals surface area contributed by atoms with Crippen LogP contribution < -0.4 is 10.1 Å². The van der Waals surface area contributed by atoms with E-state index in [4.69, 9.17) is 4.74 Å². The molecule has 34 heavy (non-hydrogen) atoms. The molecule has 12 heteroatoms. The van der Waals surface area contributed by atoms with Gasteiger partial charge in [0.25, 0.3) is 0 Å². The predicted molar refractivity (Wildman–Crippen MR) is 123 cm³/mol. The van der Waals surface area contributed by atoms with Crippen LogP contribution in [0.1, 0.15) is 45.4 Å². The zero-order valence-corrected chi connectivity index (χ0v) is 20.3. The number of nitrogens with one attached hydrogen (secondary N) is 2. The Kier molecular flexibility index (Phi) is 6.63. The lowest BCUT2D eigenvalue weighted by Gasteiger charge is -2.46. The molecule has 4 heterocycles. The van der Waals surface area contributed by atoms with Crippen molar-refractivity contribution in [3.05, 3.63) is 23.3 Å². The lowest BCUT2D eigenvalue weighted by Crippen LogP contribution is -2.61. The summed E-state index contributed by atoms with van der Waals surface area (Å²) in [5, 5.41) is 19.7. The van der Waals surface area contributed by atoms with Crippen LogP contribution in [0, 0.1) is 5.82 Å². The number of amides is 2. The number of hydrogen-bond acceptors (Lipinski definition) is 8. The van der Waals surface area contributed by atoms with Crippen molar-refractivity contribution in [3.8, 4) is 6.01 Å². The van der Waals surface area contributed by atoms with Crippen molar-refractivity contribution in [1.29, 1.82) is 0 Å². The molecule has 11 nitrogen and oxygen atoms in total. The van der Waals surface area contributed by atoms with E-state index in [0.717, 1.165) is 24.0 Å². The molecule has 2 atom stereocenters. The first-order valence-corrected chi connectivity index (χ1v) is 11.6. The third-order valence-electron chi connectivity index (χ3n) is 6.76. The van der Waals surface area contributed by atoms with Gasteiger partial charge < -0.3 is 25.0 Å². The van der Waals surface area contributed by atoms with Crippen molar-refractivity contribution < 1.29 is 19.0 Å². The van der Waals surface area contributed by atoms with Crippen LogP contribution in [0.3, 0.4) is 0 Å². The number of ether oxygens (including phenoxy) is 1. The van der Waals surface area contributed by atoms with Gasteiger partial charge in [-0.1, -0.05) is 0 Å². The van der Waals surface area contributed by atoms with E-state index in [1.165, 1.54) is 0 Å². The van der Waals surface area contributed by atoms with Crippen LogP contribution in [0.15, 0.2) is 6.20 Å². The number of aromatic amines is 1. The summed E-state index contributed by atoms with van der Waals surface area (Å²) in [4.78, 5) is 27.5.